The van der Waals surface area contributed by atoms with Crippen LogP contribution >= 0.6 is 35.0 Å². The summed E-state index contributed by atoms with van der Waals surface area (Å²) in [5, 5.41) is 0.970. The van der Waals surface area contributed by atoms with Gasteiger partial charge in [-0.2, -0.15) is 0 Å². The Hall–Kier alpha value is -1.69. The zero-order valence-electron chi connectivity index (χ0n) is 11.3. The molecule has 0 aliphatic heterocycles. The molecule has 0 aliphatic carbocycles. The minimum atomic E-state index is -0.380. The fourth-order valence-electron chi connectivity index (χ4n) is 1.58. The molecule has 2 amide bonds. The molecule has 4 nitrogen and oxygen atoms in total. The zero-order valence-corrected chi connectivity index (χ0v) is 13.6. The maximum atomic E-state index is 11.8. The Kier molecular flexibility index (Phi) is 6.12. The normalized spacial score (nSPS) is 10.1. The van der Waals surface area contributed by atoms with Crippen molar-refractivity contribution in [3.05, 3.63) is 64.1 Å². The molecule has 0 saturated carbocycles. The lowest BCUT2D eigenvalue weighted by molar-refractivity contribution is -0.119. The number of benzene rings is 2. The van der Waals surface area contributed by atoms with Gasteiger partial charge in [0.1, 0.15) is 0 Å². The number of nitrogens with one attached hydrogen (secondary N) is 2. The first-order valence-corrected chi connectivity index (χ1v) is 8.03. The van der Waals surface area contributed by atoms with Crippen molar-refractivity contribution in [1.82, 2.24) is 10.9 Å². The summed E-state index contributed by atoms with van der Waals surface area (Å²) >= 11 is 13.2. The van der Waals surface area contributed by atoms with Crippen molar-refractivity contribution in [3.8, 4) is 0 Å². The molecule has 0 saturated heterocycles. The highest BCUT2D eigenvalue weighted by molar-refractivity contribution is 8.00. The Labute approximate surface area is 142 Å². The van der Waals surface area contributed by atoms with Crippen molar-refractivity contribution in [2.24, 2.45) is 0 Å². The van der Waals surface area contributed by atoms with Crippen LogP contribution in [0.4, 0.5) is 0 Å². The van der Waals surface area contributed by atoms with Gasteiger partial charge >= 0.3 is 0 Å². The molecule has 0 spiro atoms. The van der Waals surface area contributed by atoms with E-state index >= 15 is 0 Å². The quantitative estimate of drug-likeness (QED) is 0.652. The second-order valence-electron chi connectivity index (χ2n) is 4.21. The van der Waals surface area contributed by atoms with Crippen LogP contribution in [0.25, 0.3) is 0 Å². The Morgan fingerprint density at radius 3 is 2.18 bits per heavy atom. The van der Waals surface area contributed by atoms with E-state index in [4.69, 9.17) is 23.2 Å². The zero-order chi connectivity index (χ0) is 15.9. The molecule has 7 heteroatoms. The molecule has 0 atom stereocenters. The molecule has 0 radical (unpaired) electrons. The Morgan fingerprint density at radius 2 is 1.55 bits per heavy atom. The van der Waals surface area contributed by atoms with Gasteiger partial charge in [0.2, 0.25) is 5.91 Å². The molecule has 0 bridgehead atoms. The van der Waals surface area contributed by atoms with Crippen molar-refractivity contribution in [2.75, 3.05) is 5.75 Å². The van der Waals surface area contributed by atoms with Gasteiger partial charge in [-0.3, -0.25) is 20.4 Å². The van der Waals surface area contributed by atoms with Crippen molar-refractivity contribution in [3.63, 3.8) is 0 Å². The number of amides is 2. The number of carbonyl (C=O) groups is 2. The van der Waals surface area contributed by atoms with E-state index < -0.39 is 0 Å². The van der Waals surface area contributed by atoms with Crippen molar-refractivity contribution < 1.29 is 9.59 Å². The third-order valence-corrected chi connectivity index (χ3v) is 4.61. The first kappa shape index (κ1) is 16.7. The van der Waals surface area contributed by atoms with Crippen LogP contribution in [0.5, 0.6) is 0 Å². The van der Waals surface area contributed by atoms with E-state index in [1.807, 2.05) is 0 Å². The van der Waals surface area contributed by atoms with Gasteiger partial charge in [0.25, 0.3) is 5.91 Å². The minimum absolute atomic E-state index is 0.0819. The number of hydrogen-bond acceptors (Lipinski definition) is 3. The third kappa shape index (κ3) is 4.66. The second-order valence-corrected chi connectivity index (χ2v) is 6.01. The minimum Gasteiger partial charge on any atom is -0.272 e. The van der Waals surface area contributed by atoms with Crippen LogP contribution in [0.15, 0.2) is 53.4 Å². The maximum absolute atomic E-state index is 11.8. The monoisotopic (exact) mass is 354 g/mol. The molecule has 0 unspecified atom stereocenters. The standard InChI is InChI=1S/C15H12Cl2N2O2S/c16-11-7-4-8-12(17)14(11)22-9-13(20)18-19-15(21)10-5-2-1-3-6-10/h1-8H,9H2,(H,18,20)(H,19,21). The summed E-state index contributed by atoms with van der Waals surface area (Å²) in [5.74, 6) is -0.654. The number of hydrogen-bond donors (Lipinski definition) is 2. The highest BCUT2D eigenvalue weighted by atomic mass is 35.5. The third-order valence-electron chi connectivity index (χ3n) is 2.62. The second kappa shape index (κ2) is 8.08. The predicted molar refractivity (Wildman–Crippen MR) is 89.2 cm³/mol. The van der Waals surface area contributed by atoms with E-state index in [1.165, 1.54) is 11.8 Å². The molecule has 2 N–H and O–H groups in total. The van der Waals surface area contributed by atoms with Crippen LogP contribution < -0.4 is 10.9 Å². The lowest BCUT2D eigenvalue weighted by Gasteiger charge is -2.08. The van der Waals surface area contributed by atoms with Gasteiger partial charge < -0.3 is 0 Å². The average Bonchev–Trinajstić information content (AvgIpc) is 2.53. The van der Waals surface area contributed by atoms with Crippen LogP contribution in [0.3, 0.4) is 0 Å². The molecule has 22 heavy (non-hydrogen) atoms. The van der Waals surface area contributed by atoms with E-state index in [0.717, 1.165) is 0 Å². The van der Waals surface area contributed by atoms with Gasteiger partial charge in [-0.1, -0.05) is 47.5 Å². The van der Waals surface area contributed by atoms with E-state index in [0.29, 0.717) is 20.5 Å². The van der Waals surface area contributed by atoms with Gasteiger partial charge in [-0.05, 0) is 24.3 Å². The Balaban J connectivity index is 1.83. The summed E-state index contributed by atoms with van der Waals surface area (Å²) in [7, 11) is 0. The topological polar surface area (TPSA) is 58.2 Å². The molecule has 0 fully saturated rings. The molecule has 0 aromatic heterocycles. The number of halogens is 2. The van der Waals surface area contributed by atoms with Gasteiger partial charge in [-0.15, -0.1) is 11.8 Å². The molecule has 0 aliphatic rings. The number of hydrazine groups is 1. The molecular formula is C15H12Cl2N2O2S. The van der Waals surface area contributed by atoms with Gasteiger partial charge in [0.15, 0.2) is 0 Å². The number of thioether (sulfide) groups is 1. The SMILES string of the molecule is O=C(CSc1c(Cl)cccc1Cl)NNC(=O)c1ccccc1. The number of rotatable bonds is 4. The maximum Gasteiger partial charge on any atom is 0.269 e. The fraction of sp³-hybridized carbons (Fsp3) is 0.0667. The molecular weight excluding hydrogens is 343 g/mol. The van der Waals surface area contributed by atoms with E-state index in [9.17, 15) is 9.59 Å². The van der Waals surface area contributed by atoms with Crippen molar-refractivity contribution in [1.29, 1.82) is 0 Å². The summed E-state index contributed by atoms with van der Waals surface area (Å²) < 4.78 is 0. The summed E-state index contributed by atoms with van der Waals surface area (Å²) in [5.41, 5.74) is 5.15. The van der Waals surface area contributed by atoms with Crippen molar-refractivity contribution >= 4 is 46.8 Å². The first-order valence-electron chi connectivity index (χ1n) is 6.29. The van der Waals surface area contributed by atoms with Gasteiger partial charge in [-0.25, -0.2) is 0 Å². The number of carbonyl (C=O) groups excluding carboxylic acids is 2. The van der Waals surface area contributed by atoms with Crippen LogP contribution in [-0.4, -0.2) is 17.6 Å². The van der Waals surface area contributed by atoms with Gasteiger partial charge in [0.05, 0.1) is 15.8 Å². The highest BCUT2D eigenvalue weighted by Gasteiger charge is 2.10. The summed E-state index contributed by atoms with van der Waals surface area (Å²) in [6.07, 6.45) is 0. The largest absolute Gasteiger partial charge is 0.272 e. The van der Waals surface area contributed by atoms with E-state index in [-0.39, 0.29) is 17.6 Å². The van der Waals surface area contributed by atoms with Crippen LogP contribution in [-0.2, 0) is 4.79 Å². The first-order chi connectivity index (χ1) is 10.6. The average molecular weight is 355 g/mol. The van der Waals surface area contributed by atoms with Crippen LogP contribution in [0, 0.1) is 0 Å². The lowest BCUT2D eigenvalue weighted by Crippen LogP contribution is -2.42. The smallest absolute Gasteiger partial charge is 0.269 e. The Bertz CT molecular complexity index is 660. The molecule has 2 aromatic carbocycles. The van der Waals surface area contributed by atoms with E-state index in [1.54, 1.807) is 48.5 Å². The van der Waals surface area contributed by atoms with Gasteiger partial charge in [0, 0.05) is 10.5 Å². The van der Waals surface area contributed by atoms with Crippen LogP contribution in [0.1, 0.15) is 10.4 Å². The molecule has 2 rings (SSSR count). The summed E-state index contributed by atoms with van der Waals surface area (Å²) in [6.45, 7) is 0. The molecule has 2 aromatic rings. The van der Waals surface area contributed by atoms with Crippen molar-refractivity contribution in [2.45, 2.75) is 4.90 Å². The Morgan fingerprint density at radius 1 is 0.909 bits per heavy atom. The fourth-order valence-corrected chi connectivity index (χ4v) is 3.07. The molecule has 114 valence electrons. The predicted octanol–water partition coefficient (Wildman–Crippen LogP) is 3.55. The lowest BCUT2D eigenvalue weighted by atomic mass is 10.2. The molecule has 0 heterocycles. The summed E-state index contributed by atoms with van der Waals surface area (Å²) in [6, 6.07) is 13.7. The van der Waals surface area contributed by atoms with E-state index in [2.05, 4.69) is 10.9 Å². The van der Waals surface area contributed by atoms with Crippen LogP contribution in [0.2, 0.25) is 10.0 Å². The highest BCUT2D eigenvalue weighted by Crippen LogP contribution is 2.33. The summed E-state index contributed by atoms with van der Waals surface area (Å²) in [4.78, 5) is 24.1.